The van der Waals surface area contributed by atoms with Crippen molar-refractivity contribution in [3.8, 4) is 5.75 Å². The normalized spacial score (nSPS) is 17.4. The summed E-state index contributed by atoms with van der Waals surface area (Å²) in [6, 6.07) is 1.23. The highest BCUT2D eigenvalue weighted by Gasteiger charge is 2.34. The predicted octanol–water partition coefficient (Wildman–Crippen LogP) is 1.58. The summed E-state index contributed by atoms with van der Waals surface area (Å²) < 4.78 is 22.2. The Hall–Kier alpha value is -2.61. The van der Waals surface area contributed by atoms with Gasteiger partial charge in [-0.3, -0.25) is 4.79 Å². The predicted molar refractivity (Wildman–Crippen MR) is 94.7 cm³/mol. The number of pyridine rings is 1. The van der Waals surface area contributed by atoms with E-state index in [1.165, 1.54) is 13.3 Å². The van der Waals surface area contributed by atoms with Crippen molar-refractivity contribution in [2.24, 2.45) is 11.7 Å². The zero-order valence-electron chi connectivity index (χ0n) is 14.4. The van der Waals surface area contributed by atoms with E-state index in [4.69, 9.17) is 10.5 Å². The second kappa shape index (κ2) is 5.98. The van der Waals surface area contributed by atoms with Crippen LogP contribution in [0, 0.1) is 11.7 Å². The van der Waals surface area contributed by atoms with Gasteiger partial charge in [0.25, 0.3) is 0 Å². The quantitative estimate of drug-likeness (QED) is 0.839. The number of nitrogens with two attached hydrogens (primary N) is 1. The number of benzene rings is 1. The van der Waals surface area contributed by atoms with Crippen LogP contribution >= 0.6 is 0 Å². The molecule has 2 aromatic rings. The third-order valence-corrected chi connectivity index (χ3v) is 5.18. The van der Waals surface area contributed by atoms with E-state index >= 15 is 0 Å². The first-order chi connectivity index (χ1) is 12.5. The molecule has 1 aliphatic carbocycles. The van der Waals surface area contributed by atoms with Gasteiger partial charge in [0.1, 0.15) is 11.3 Å². The van der Waals surface area contributed by atoms with Gasteiger partial charge in [0.15, 0.2) is 11.6 Å². The van der Waals surface area contributed by atoms with Gasteiger partial charge < -0.3 is 25.0 Å². The van der Waals surface area contributed by atoms with E-state index in [0.29, 0.717) is 36.8 Å². The minimum absolute atomic E-state index is 0.0331. The minimum Gasteiger partial charge on any atom is -0.492 e. The molecule has 2 heterocycles. The maximum absolute atomic E-state index is 14.9. The van der Waals surface area contributed by atoms with Gasteiger partial charge in [-0.25, -0.2) is 9.18 Å². The highest BCUT2D eigenvalue weighted by molar-refractivity contribution is 5.97. The van der Waals surface area contributed by atoms with Crippen LogP contribution in [0.2, 0.25) is 0 Å². The van der Waals surface area contributed by atoms with E-state index in [0.717, 1.165) is 18.9 Å². The molecule has 2 aliphatic rings. The number of carbonyl (C=O) groups is 1. The Labute approximate surface area is 148 Å². The second-order valence-electron chi connectivity index (χ2n) is 6.96. The third-order valence-electron chi connectivity index (χ3n) is 5.18. The summed E-state index contributed by atoms with van der Waals surface area (Å²) in [6.07, 6.45) is 3.12. The van der Waals surface area contributed by atoms with Gasteiger partial charge in [-0.1, -0.05) is 0 Å². The molecule has 4 rings (SSSR count). The largest absolute Gasteiger partial charge is 0.492 e. The number of rotatable bonds is 5. The van der Waals surface area contributed by atoms with Crippen LogP contribution in [-0.2, 0) is 0 Å². The van der Waals surface area contributed by atoms with Gasteiger partial charge in [-0.2, -0.15) is 0 Å². The van der Waals surface area contributed by atoms with Gasteiger partial charge in [-0.05, 0) is 25.5 Å². The lowest BCUT2D eigenvalue weighted by molar-refractivity contribution is 0.0695. The maximum atomic E-state index is 14.9. The van der Waals surface area contributed by atoms with Gasteiger partial charge >= 0.3 is 5.97 Å². The van der Waals surface area contributed by atoms with Gasteiger partial charge in [0, 0.05) is 31.2 Å². The first kappa shape index (κ1) is 16.8. The summed E-state index contributed by atoms with van der Waals surface area (Å²) in [7, 11) is 1.44. The number of fused-ring (bicyclic) bond motifs is 1. The topological polar surface area (TPSA) is 97.8 Å². The number of hydrogen-bond donors (Lipinski definition) is 2. The first-order valence-electron chi connectivity index (χ1n) is 8.59. The molecule has 138 valence electrons. The molecule has 2 fully saturated rings. The van der Waals surface area contributed by atoms with Crippen molar-refractivity contribution in [1.82, 2.24) is 4.57 Å². The Morgan fingerprint density at radius 1 is 1.42 bits per heavy atom. The summed E-state index contributed by atoms with van der Waals surface area (Å²) >= 11 is 0. The number of anilines is 1. The Morgan fingerprint density at radius 2 is 2.12 bits per heavy atom. The highest BCUT2D eigenvalue weighted by Crippen LogP contribution is 2.44. The van der Waals surface area contributed by atoms with E-state index in [-0.39, 0.29) is 22.7 Å². The molecule has 0 radical (unpaired) electrons. The van der Waals surface area contributed by atoms with E-state index < -0.39 is 17.2 Å². The van der Waals surface area contributed by atoms with Crippen molar-refractivity contribution < 1.29 is 19.0 Å². The first-order valence-corrected chi connectivity index (χ1v) is 8.59. The van der Waals surface area contributed by atoms with Gasteiger partial charge in [-0.15, -0.1) is 0 Å². The standard InChI is InChI=1S/C18H20FN3O4/c1-26-17-14-11(4-13(19)15(17)21-6-9(5-20)7-21)16(23)12(18(24)25)8-22(14)10-2-3-10/h4,8-10H,2-3,5-7,20H2,1H3,(H,24,25). The molecule has 1 saturated carbocycles. The fraction of sp³-hybridized carbons (Fsp3) is 0.444. The van der Waals surface area contributed by atoms with Crippen LogP contribution in [0.3, 0.4) is 0 Å². The Kier molecular flexibility index (Phi) is 3.87. The molecule has 8 heteroatoms. The molecular weight excluding hydrogens is 341 g/mol. The molecule has 0 unspecified atom stereocenters. The molecule has 0 bridgehead atoms. The molecule has 1 aromatic carbocycles. The van der Waals surface area contributed by atoms with Gasteiger partial charge in [0.2, 0.25) is 5.43 Å². The monoisotopic (exact) mass is 361 g/mol. The molecule has 0 amide bonds. The zero-order chi connectivity index (χ0) is 18.6. The summed E-state index contributed by atoms with van der Waals surface area (Å²) in [5, 5.41) is 9.37. The van der Waals surface area contributed by atoms with E-state index in [1.54, 1.807) is 4.57 Å². The van der Waals surface area contributed by atoms with Crippen LogP contribution in [0.25, 0.3) is 10.9 Å². The SMILES string of the molecule is COc1c(N2CC(CN)C2)c(F)cc2c(=O)c(C(=O)O)cn(C3CC3)c12. The van der Waals surface area contributed by atoms with Crippen molar-refractivity contribution in [1.29, 1.82) is 0 Å². The van der Waals surface area contributed by atoms with Crippen LogP contribution in [0.4, 0.5) is 10.1 Å². The van der Waals surface area contributed by atoms with E-state index in [1.807, 2.05) is 4.90 Å². The summed E-state index contributed by atoms with van der Waals surface area (Å²) in [6.45, 7) is 1.77. The molecule has 0 atom stereocenters. The highest BCUT2D eigenvalue weighted by atomic mass is 19.1. The second-order valence-corrected chi connectivity index (χ2v) is 6.96. The molecule has 1 aromatic heterocycles. The lowest BCUT2D eigenvalue weighted by atomic mass is 9.98. The number of aromatic carboxylic acids is 1. The number of ether oxygens (including phenoxy) is 1. The maximum Gasteiger partial charge on any atom is 0.341 e. The molecule has 26 heavy (non-hydrogen) atoms. The molecule has 1 saturated heterocycles. The Bertz CT molecular complexity index is 961. The number of aromatic nitrogens is 1. The molecular formula is C18H20FN3O4. The van der Waals surface area contributed by atoms with Crippen LogP contribution in [0.5, 0.6) is 5.75 Å². The van der Waals surface area contributed by atoms with E-state index in [9.17, 15) is 19.1 Å². The van der Waals surface area contributed by atoms with Crippen molar-refractivity contribution in [3.05, 3.63) is 33.9 Å². The number of nitrogens with zero attached hydrogens (tertiary/aromatic N) is 2. The average molecular weight is 361 g/mol. The van der Waals surface area contributed by atoms with Crippen LogP contribution in [0.15, 0.2) is 17.1 Å². The number of hydrogen-bond acceptors (Lipinski definition) is 5. The lowest BCUT2D eigenvalue weighted by Gasteiger charge is -2.41. The summed E-state index contributed by atoms with van der Waals surface area (Å²) in [5.41, 5.74) is 5.37. The molecule has 7 nitrogen and oxygen atoms in total. The van der Waals surface area contributed by atoms with Crippen molar-refractivity contribution >= 4 is 22.6 Å². The average Bonchev–Trinajstić information content (AvgIpc) is 3.39. The minimum atomic E-state index is -1.32. The lowest BCUT2D eigenvalue weighted by Crippen LogP contribution is -2.50. The number of halogens is 1. The van der Waals surface area contributed by atoms with Crippen LogP contribution in [-0.4, -0.2) is 42.4 Å². The zero-order valence-corrected chi connectivity index (χ0v) is 14.4. The van der Waals surface area contributed by atoms with Crippen LogP contribution < -0.4 is 20.8 Å². The van der Waals surface area contributed by atoms with Crippen molar-refractivity contribution in [2.75, 3.05) is 31.6 Å². The summed E-state index contributed by atoms with van der Waals surface area (Å²) in [5.74, 6) is -1.33. The van der Waals surface area contributed by atoms with Crippen LogP contribution in [0.1, 0.15) is 29.2 Å². The number of carboxylic acids is 1. The molecule has 1 aliphatic heterocycles. The fourth-order valence-electron chi connectivity index (χ4n) is 3.63. The fourth-order valence-corrected chi connectivity index (χ4v) is 3.63. The van der Waals surface area contributed by atoms with E-state index in [2.05, 4.69) is 0 Å². The number of carboxylic acid groups (broad SMARTS) is 1. The van der Waals surface area contributed by atoms with Crippen molar-refractivity contribution in [2.45, 2.75) is 18.9 Å². The van der Waals surface area contributed by atoms with Crippen molar-refractivity contribution in [3.63, 3.8) is 0 Å². The Balaban J connectivity index is 2.00. The Morgan fingerprint density at radius 3 is 2.65 bits per heavy atom. The molecule has 3 N–H and O–H groups in total. The molecule has 0 spiro atoms. The third kappa shape index (κ3) is 2.44. The van der Waals surface area contributed by atoms with Gasteiger partial charge in [0.05, 0.1) is 18.0 Å². The summed E-state index contributed by atoms with van der Waals surface area (Å²) in [4.78, 5) is 25.9. The smallest absolute Gasteiger partial charge is 0.341 e. The number of methoxy groups -OCH3 is 1.